The summed E-state index contributed by atoms with van der Waals surface area (Å²) in [5.41, 5.74) is 2.01. The molecular weight excluding hydrogens is 312 g/mol. The van der Waals surface area contributed by atoms with Crippen molar-refractivity contribution in [2.24, 2.45) is 9.98 Å². The number of rotatable bonds is 1. The van der Waals surface area contributed by atoms with Gasteiger partial charge in [-0.15, -0.1) is 0 Å². The first-order valence-corrected chi connectivity index (χ1v) is 8.10. The largest absolute Gasteiger partial charge is 0.318 e. The van der Waals surface area contributed by atoms with Gasteiger partial charge < -0.3 is 9.88 Å². The van der Waals surface area contributed by atoms with Gasteiger partial charge in [0.05, 0.1) is 12.3 Å². The van der Waals surface area contributed by atoms with Crippen LogP contribution in [0.2, 0.25) is 0 Å². The van der Waals surface area contributed by atoms with Crippen molar-refractivity contribution < 1.29 is 0 Å². The maximum atomic E-state index is 12.5. The molecule has 0 spiro atoms. The number of fused-ring (bicyclic) bond motifs is 4. The van der Waals surface area contributed by atoms with Crippen molar-refractivity contribution in [3.63, 3.8) is 0 Å². The Hall–Kier alpha value is -3.47. The number of hydrogen-bond donors (Lipinski definition) is 1. The summed E-state index contributed by atoms with van der Waals surface area (Å²) in [5, 5.41) is 1.60. The lowest BCUT2D eigenvalue weighted by molar-refractivity contribution is 0.468. The molecule has 0 unspecified atom stereocenters. The molecule has 3 aromatic rings. The number of nitrogens with one attached hydrogen (secondary N) is 1. The zero-order valence-electron chi connectivity index (χ0n) is 13.3. The maximum absolute atomic E-state index is 12.5. The number of nitrogens with zero attached hydrogens (tertiary/aromatic N) is 3. The molecule has 0 saturated heterocycles. The Morgan fingerprint density at radius 1 is 0.960 bits per heavy atom. The smallest absolute Gasteiger partial charge is 0.257 e. The molecular formula is C20H14N4O. The summed E-state index contributed by atoms with van der Waals surface area (Å²) < 4.78 is 0. The number of hydrogen-bond acceptors (Lipinski definition) is 4. The molecule has 3 heterocycles. The molecule has 0 aliphatic carbocycles. The molecule has 25 heavy (non-hydrogen) atoms. The van der Waals surface area contributed by atoms with E-state index in [4.69, 9.17) is 0 Å². The van der Waals surface area contributed by atoms with Crippen LogP contribution in [0, 0.1) is 0 Å². The Kier molecular flexibility index (Phi) is 2.94. The van der Waals surface area contributed by atoms with Gasteiger partial charge in [0, 0.05) is 23.3 Å². The Balaban J connectivity index is 1.90. The first kappa shape index (κ1) is 13.9. The summed E-state index contributed by atoms with van der Waals surface area (Å²) in [4.78, 5) is 26.3. The molecule has 1 N–H and O–H groups in total. The highest BCUT2D eigenvalue weighted by Gasteiger charge is 2.32. The second kappa shape index (κ2) is 5.27. The topological polar surface area (TPSA) is 60.8 Å². The van der Waals surface area contributed by atoms with Crippen LogP contribution in [0.15, 0.2) is 81.8 Å². The standard InChI is InChI=1S/C20H14N4O/c25-20-15-9-5-4-8-14(15)17-18(13-6-2-1-3-7-13)24-11-10-21-12-16(24)22-19(17)23-20/h1-12,18H,(H,23,25)/t18-/m1/s1. The molecule has 0 fully saturated rings. The number of pyridine rings is 1. The van der Waals surface area contributed by atoms with Gasteiger partial charge in [-0.25, -0.2) is 4.99 Å². The molecule has 0 saturated carbocycles. The molecule has 2 aliphatic heterocycles. The number of benzene rings is 2. The van der Waals surface area contributed by atoms with Gasteiger partial charge in [0.25, 0.3) is 5.56 Å². The van der Waals surface area contributed by atoms with Crippen LogP contribution < -0.4 is 5.56 Å². The monoisotopic (exact) mass is 326 g/mol. The Labute approximate surface area is 143 Å². The fraction of sp³-hybridized carbons (Fsp3) is 0.0500. The third-order valence-electron chi connectivity index (χ3n) is 4.61. The summed E-state index contributed by atoms with van der Waals surface area (Å²) in [5.74, 6) is 1.32. The highest BCUT2D eigenvalue weighted by molar-refractivity contribution is 6.31. The SMILES string of the molecule is O=c1[nH]c2c(c3ccccc13)[C@@H](c1ccccc1)N1C=CN=CC1=N2. The van der Waals surface area contributed by atoms with Gasteiger partial charge >= 0.3 is 0 Å². The Bertz CT molecular complexity index is 1130. The second-order valence-corrected chi connectivity index (χ2v) is 6.03. The van der Waals surface area contributed by atoms with E-state index >= 15 is 0 Å². The van der Waals surface area contributed by atoms with Crippen molar-refractivity contribution in [1.82, 2.24) is 9.88 Å². The van der Waals surface area contributed by atoms with Crippen LogP contribution in [-0.4, -0.2) is 21.9 Å². The first-order valence-electron chi connectivity index (χ1n) is 8.10. The van der Waals surface area contributed by atoms with Gasteiger partial charge in [-0.3, -0.25) is 9.79 Å². The van der Waals surface area contributed by atoms with E-state index in [0.717, 1.165) is 22.3 Å². The van der Waals surface area contributed by atoms with Gasteiger partial charge in [-0.2, -0.15) is 0 Å². The van der Waals surface area contributed by atoms with Crippen molar-refractivity contribution in [3.8, 4) is 0 Å². The minimum absolute atomic E-state index is 0.0755. The highest BCUT2D eigenvalue weighted by atomic mass is 16.1. The molecule has 5 rings (SSSR count). The van der Waals surface area contributed by atoms with Crippen LogP contribution in [0.3, 0.4) is 0 Å². The normalized spacial score (nSPS) is 18.0. The average Bonchev–Trinajstić information content (AvgIpc) is 2.67. The van der Waals surface area contributed by atoms with Crippen LogP contribution in [0.4, 0.5) is 5.82 Å². The van der Waals surface area contributed by atoms with E-state index in [-0.39, 0.29) is 11.6 Å². The molecule has 120 valence electrons. The summed E-state index contributed by atoms with van der Waals surface area (Å²) >= 11 is 0. The zero-order chi connectivity index (χ0) is 16.8. The maximum Gasteiger partial charge on any atom is 0.257 e. The van der Waals surface area contributed by atoms with Crippen molar-refractivity contribution in [2.45, 2.75) is 6.04 Å². The average molecular weight is 326 g/mol. The van der Waals surface area contributed by atoms with E-state index < -0.39 is 0 Å². The molecule has 2 aromatic carbocycles. The van der Waals surface area contributed by atoms with E-state index in [0.29, 0.717) is 11.2 Å². The predicted molar refractivity (Wildman–Crippen MR) is 99.4 cm³/mol. The quantitative estimate of drug-likeness (QED) is 0.744. The van der Waals surface area contributed by atoms with Crippen LogP contribution in [0.1, 0.15) is 17.2 Å². The number of aromatic nitrogens is 1. The van der Waals surface area contributed by atoms with E-state index in [2.05, 4.69) is 32.0 Å². The molecule has 0 radical (unpaired) electrons. The van der Waals surface area contributed by atoms with Crippen molar-refractivity contribution in [2.75, 3.05) is 0 Å². The van der Waals surface area contributed by atoms with Gasteiger partial charge in [-0.1, -0.05) is 48.5 Å². The number of aliphatic imine (C=N–C) groups is 2. The first-order chi connectivity index (χ1) is 12.3. The van der Waals surface area contributed by atoms with Crippen LogP contribution in [0.5, 0.6) is 0 Å². The van der Waals surface area contributed by atoms with Gasteiger partial charge in [0.15, 0.2) is 5.84 Å². The molecule has 0 amide bonds. The fourth-order valence-electron chi connectivity index (χ4n) is 3.53. The third-order valence-corrected chi connectivity index (χ3v) is 4.61. The van der Waals surface area contributed by atoms with Crippen LogP contribution in [0.25, 0.3) is 10.8 Å². The zero-order valence-corrected chi connectivity index (χ0v) is 13.3. The van der Waals surface area contributed by atoms with Crippen LogP contribution >= 0.6 is 0 Å². The molecule has 5 heteroatoms. The lowest BCUT2D eigenvalue weighted by atomic mass is 9.92. The van der Waals surface area contributed by atoms with E-state index in [9.17, 15) is 4.79 Å². The Morgan fingerprint density at radius 3 is 2.56 bits per heavy atom. The highest BCUT2D eigenvalue weighted by Crippen LogP contribution is 2.41. The van der Waals surface area contributed by atoms with Crippen molar-refractivity contribution in [1.29, 1.82) is 0 Å². The number of H-pyrrole nitrogens is 1. The molecule has 2 aliphatic rings. The summed E-state index contributed by atoms with van der Waals surface area (Å²) in [6.07, 6.45) is 5.40. The van der Waals surface area contributed by atoms with Gasteiger partial charge in [0.2, 0.25) is 0 Å². The minimum Gasteiger partial charge on any atom is -0.318 e. The molecule has 1 aromatic heterocycles. The minimum atomic E-state index is -0.123. The summed E-state index contributed by atoms with van der Waals surface area (Å²) in [6.45, 7) is 0. The molecule has 1 atom stereocenters. The number of amidine groups is 1. The predicted octanol–water partition coefficient (Wildman–Crippen LogP) is 3.52. The van der Waals surface area contributed by atoms with E-state index in [1.54, 1.807) is 12.4 Å². The lowest BCUT2D eigenvalue weighted by Gasteiger charge is -2.36. The summed E-state index contributed by atoms with van der Waals surface area (Å²) in [6, 6.07) is 17.8. The fourth-order valence-corrected chi connectivity index (χ4v) is 3.53. The lowest BCUT2D eigenvalue weighted by Crippen LogP contribution is -2.36. The van der Waals surface area contributed by atoms with Crippen LogP contribution in [-0.2, 0) is 0 Å². The van der Waals surface area contributed by atoms with Crippen molar-refractivity contribution >= 4 is 28.6 Å². The Morgan fingerprint density at radius 2 is 1.72 bits per heavy atom. The van der Waals surface area contributed by atoms with Gasteiger partial charge in [0.1, 0.15) is 5.82 Å². The van der Waals surface area contributed by atoms with E-state index in [1.807, 2.05) is 48.7 Å². The number of aromatic amines is 1. The molecule has 0 bridgehead atoms. The van der Waals surface area contributed by atoms with Gasteiger partial charge in [-0.05, 0) is 17.0 Å². The molecule has 5 nitrogen and oxygen atoms in total. The summed E-state index contributed by atoms with van der Waals surface area (Å²) in [7, 11) is 0. The third kappa shape index (κ3) is 2.06. The second-order valence-electron chi connectivity index (χ2n) is 6.03. The van der Waals surface area contributed by atoms with Crippen molar-refractivity contribution in [3.05, 3.63) is 88.5 Å². The van der Waals surface area contributed by atoms with E-state index in [1.165, 1.54) is 0 Å².